The van der Waals surface area contributed by atoms with Crippen molar-refractivity contribution in [1.82, 2.24) is 15.1 Å². The third kappa shape index (κ3) is 6.60. The van der Waals surface area contributed by atoms with E-state index in [1.54, 1.807) is 0 Å². The molecule has 1 saturated heterocycles. The highest BCUT2D eigenvalue weighted by molar-refractivity contribution is 5.94. The van der Waals surface area contributed by atoms with E-state index in [0.717, 1.165) is 51.0 Å². The van der Waals surface area contributed by atoms with Crippen LogP contribution in [0, 0.1) is 0 Å². The number of benzene rings is 1. The minimum absolute atomic E-state index is 0. The van der Waals surface area contributed by atoms with Crippen molar-refractivity contribution in [2.24, 2.45) is 0 Å². The highest BCUT2D eigenvalue weighted by Crippen LogP contribution is 2.17. The number of nitrogens with one attached hydrogen (secondary N) is 1. The Morgan fingerprint density at radius 3 is 2.46 bits per heavy atom. The Kier molecular flexibility index (Phi) is 11.3. The van der Waals surface area contributed by atoms with Crippen molar-refractivity contribution in [3.63, 3.8) is 0 Å². The Hall–Kier alpha value is -0.810. The molecule has 1 N–H and O–H groups in total. The number of rotatable bonds is 6. The van der Waals surface area contributed by atoms with Crippen molar-refractivity contribution in [1.29, 1.82) is 0 Å². The molecule has 0 bridgehead atoms. The van der Waals surface area contributed by atoms with Gasteiger partial charge in [0.1, 0.15) is 0 Å². The lowest BCUT2D eigenvalue weighted by atomic mass is 10.0. The van der Waals surface area contributed by atoms with Crippen molar-refractivity contribution in [2.45, 2.75) is 38.8 Å². The number of halogens is 2. The first-order valence-electron chi connectivity index (χ1n) is 8.37. The number of hydrogen-bond donors (Lipinski definition) is 1. The van der Waals surface area contributed by atoms with Crippen LogP contribution in [0.25, 0.3) is 0 Å². The summed E-state index contributed by atoms with van der Waals surface area (Å²) in [6.07, 6.45) is 3.12. The lowest BCUT2D eigenvalue weighted by molar-refractivity contribution is 0.0642. The average Bonchev–Trinajstić information content (AvgIpc) is 2.52. The van der Waals surface area contributed by atoms with E-state index in [9.17, 15) is 4.79 Å². The Bertz CT molecular complexity index is 491. The number of carbonyl (C=O) groups is 1. The molecule has 6 heteroatoms. The van der Waals surface area contributed by atoms with Crippen molar-refractivity contribution in [3.8, 4) is 0 Å². The zero-order valence-electron chi connectivity index (χ0n) is 15.0. The molecule has 1 aromatic rings. The maximum atomic E-state index is 13.0. The quantitative estimate of drug-likeness (QED) is 0.828. The number of hydrogen-bond acceptors (Lipinski definition) is 3. The van der Waals surface area contributed by atoms with Crippen LogP contribution >= 0.6 is 24.8 Å². The Morgan fingerprint density at radius 2 is 1.88 bits per heavy atom. The van der Waals surface area contributed by atoms with Crippen LogP contribution in [0.5, 0.6) is 0 Å². The van der Waals surface area contributed by atoms with Crippen molar-refractivity contribution < 1.29 is 4.79 Å². The Labute approximate surface area is 158 Å². The molecule has 0 atom stereocenters. The first-order chi connectivity index (χ1) is 10.6. The van der Waals surface area contributed by atoms with Gasteiger partial charge in [0.05, 0.1) is 0 Å². The first-order valence-corrected chi connectivity index (χ1v) is 8.37. The fraction of sp³-hybridized carbons (Fsp3) is 0.611. The van der Waals surface area contributed by atoms with E-state index >= 15 is 0 Å². The molecule has 2 rings (SSSR count). The zero-order valence-corrected chi connectivity index (χ0v) is 16.6. The van der Waals surface area contributed by atoms with E-state index in [-0.39, 0.29) is 30.7 Å². The van der Waals surface area contributed by atoms with Crippen molar-refractivity contribution in [2.75, 3.05) is 33.7 Å². The zero-order chi connectivity index (χ0) is 15.9. The largest absolute Gasteiger partial charge is 0.336 e. The molecule has 0 aromatic heterocycles. The lowest BCUT2D eigenvalue weighted by Crippen LogP contribution is -2.46. The molecule has 1 fully saturated rings. The van der Waals surface area contributed by atoms with E-state index in [4.69, 9.17) is 0 Å². The summed E-state index contributed by atoms with van der Waals surface area (Å²) >= 11 is 0. The topological polar surface area (TPSA) is 35.6 Å². The van der Waals surface area contributed by atoms with Crippen LogP contribution < -0.4 is 5.32 Å². The summed E-state index contributed by atoms with van der Waals surface area (Å²) in [5.74, 6) is 0.189. The normalized spacial score (nSPS) is 14.7. The minimum Gasteiger partial charge on any atom is -0.336 e. The van der Waals surface area contributed by atoms with Gasteiger partial charge in [-0.3, -0.25) is 4.79 Å². The molecule has 0 spiro atoms. The average molecular weight is 376 g/mol. The van der Waals surface area contributed by atoms with E-state index in [2.05, 4.69) is 28.1 Å². The molecule has 1 aliphatic heterocycles. The van der Waals surface area contributed by atoms with Gasteiger partial charge in [-0.2, -0.15) is 0 Å². The molecular formula is C18H31Cl2N3O. The number of piperidine rings is 1. The fourth-order valence-corrected chi connectivity index (χ4v) is 3.14. The molecule has 4 nitrogen and oxygen atoms in total. The van der Waals surface area contributed by atoms with Gasteiger partial charge in [-0.05, 0) is 64.1 Å². The van der Waals surface area contributed by atoms with Gasteiger partial charge in [-0.1, -0.05) is 19.1 Å². The van der Waals surface area contributed by atoms with Gasteiger partial charge < -0.3 is 15.1 Å². The summed E-state index contributed by atoms with van der Waals surface area (Å²) in [6, 6.07) is 8.47. The second kappa shape index (κ2) is 11.7. The molecule has 0 saturated carbocycles. The van der Waals surface area contributed by atoms with Crippen LogP contribution in [0.2, 0.25) is 0 Å². The van der Waals surface area contributed by atoms with Gasteiger partial charge in [0, 0.05) is 24.7 Å². The molecule has 1 aromatic carbocycles. The van der Waals surface area contributed by atoms with Gasteiger partial charge in [0.25, 0.3) is 5.91 Å². The monoisotopic (exact) mass is 375 g/mol. The van der Waals surface area contributed by atoms with Crippen molar-refractivity contribution >= 4 is 30.7 Å². The molecule has 1 heterocycles. The van der Waals surface area contributed by atoms with Crippen LogP contribution in [-0.4, -0.2) is 55.5 Å². The lowest BCUT2D eigenvalue weighted by Gasteiger charge is -2.34. The van der Waals surface area contributed by atoms with Crippen LogP contribution in [0.4, 0.5) is 0 Å². The Balaban J connectivity index is 0.00000264. The highest BCUT2D eigenvalue weighted by atomic mass is 35.5. The maximum absolute atomic E-state index is 13.0. The second-order valence-electron chi connectivity index (χ2n) is 6.42. The second-order valence-corrected chi connectivity index (χ2v) is 6.42. The maximum Gasteiger partial charge on any atom is 0.254 e. The standard InChI is InChI=1S/C18H29N3O.2ClH/c1-4-12-21(17-8-10-19-11-9-17)18(22)16-7-5-6-15(13-16)14-20(2)3;;/h5-7,13,17,19H,4,8-12,14H2,1-3H3;2*1H. The van der Waals surface area contributed by atoms with Gasteiger partial charge in [-0.25, -0.2) is 0 Å². The molecule has 1 amide bonds. The predicted molar refractivity (Wildman–Crippen MR) is 106 cm³/mol. The van der Waals surface area contributed by atoms with Gasteiger partial charge >= 0.3 is 0 Å². The third-order valence-electron chi connectivity index (χ3n) is 4.15. The van der Waals surface area contributed by atoms with E-state index in [0.29, 0.717) is 6.04 Å². The van der Waals surface area contributed by atoms with Crippen LogP contribution in [0.1, 0.15) is 42.1 Å². The summed E-state index contributed by atoms with van der Waals surface area (Å²) in [5, 5.41) is 3.38. The summed E-state index contributed by atoms with van der Waals surface area (Å²) < 4.78 is 0. The smallest absolute Gasteiger partial charge is 0.254 e. The molecule has 0 aliphatic carbocycles. The van der Waals surface area contributed by atoms with Crippen LogP contribution in [0.15, 0.2) is 24.3 Å². The first kappa shape index (κ1) is 23.2. The number of amides is 1. The molecule has 138 valence electrons. The molecule has 24 heavy (non-hydrogen) atoms. The van der Waals surface area contributed by atoms with E-state index in [1.807, 2.05) is 32.3 Å². The summed E-state index contributed by atoms with van der Waals surface area (Å²) in [7, 11) is 4.10. The summed E-state index contributed by atoms with van der Waals surface area (Å²) in [6.45, 7) is 5.88. The van der Waals surface area contributed by atoms with Gasteiger partial charge in [0.15, 0.2) is 0 Å². The number of nitrogens with zero attached hydrogens (tertiary/aromatic N) is 2. The molecular weight excluding hydrogens is 345 g/mol. The fourth-order valence-electron chi connectivity index (χ4n) is 3.14. The van der Waals surface area contributed by atoms with Crippen LogP contribution in [0.3, 0.4) is 0 Å². The molecule has 0 unspecified atom stereocenters. The summed E-state index contributed by atoms with van der Waals surface area (Å²) in [5.41, 5.74) is 2.02. The van der Waals surface area contributed by atoms with E-state index in [1.165, 1.54) is 5.56 Å². The Morgan fingerprint density at radius 1 is 1.21 bits per heavy atom. The van der Waals surface area contributed by atoms with Crippen LogP contribution in [-0.2, 0) is 6.54 Å². The summed E-state index contributed by atoms with van der Waals surface area (Å²) in [4.78, 5) is 17.2. The van der Waals surface area contributed by atoms with Gasteiger partial charge in [0.2, 0.25) is 0 Å². The number of carbonyl (C=O) groups excluding carboxylic acids is 1. The third-order valence-corrected chi connectivity index (χ3v) is 4.15. The minimum atomic E-state index is 0. The van der Waals surface area contributed by atoms with Gasteiger partial charge in [-0.15, -0.1) is 24.8 Å². The van der Waals surface area contributed by atoms with E-state index < -0.39 is 0 Å². The molecule has 1 aliphatic rings. The SMILES string of the molecule is CCCN(C(=O)c1cccc(CN(C)C)c1)C1CCNCC1.Cl.Cl. The highest BCUT2D eigenvalue weighted by Gasteiger charge is 2.25. The molecule has 0 radical (unpaired) electrons. The predicted octanol–water partition coefficient (Wildman–Crippen LogP) is 3.20. The van der Waals surface area contributed by atoms with Crippen molar-refractivity contribution in [3.05, 3.63) is 35.4 Å².